The van der Waals surface area contributed by atoms with Gasteiger partial charge in [0.25, 0.3) is 0 Å². The molecule has 7 N–H and O–H groups in total. The minimum absolute atomic E-state index is 0.205. The van der Waals surface area contributed by atoms with Crippen LogP contribution in [0.2, 0.25) is 0 Å². The zero-order valence-corrected chi connectivity index (χ0v) is 40.3. The van der Waals surface area contributed by atoms with Gasteiger partial charge in [-0.2, -0.15) is 23.5 Å². The van der Waals surface area contributed by atoms with Crippen molar-refractivity contribution < 1.29 is 54.7 Å². The summed E-state index contributed by atoms with van der Waals surface area (Å²) in [6.07, 6.45) is 23.2. The number of thioether (sulfide) groups is 2. The van der Waals surface area contributed by atoms with Crippen LogP contribution in [0.1, 0.15) is 194 Å². The van der Waals surface area contributed by atoms with Crippen molar-refractivity contribution in [2.75, 3.05) is 42.8 Å². The van der Waals surface area contributed by atoms with Crippen LogP contribution in [0.4, 0.5) is 0 Å². The van der Waals surface area contributed by atoms with Gasteiger partial charge in [-0.05, 0) is 35.9 Å². The minimum atomic E-state index is -1.71. The summed E-state index contributed by atoms with van der Waals surface area (Å²) in [5.41, 5.74) is 0. The molecule has 0 aromatic carbocycles. The Morgan fingerprint density at radius 2 is 0.787 bits per heavy atom. The van der Waals surface area contributed by atoms with Crippen molar-refractivity contribution >= 4 is 23.5 Å². The zero-order valence-electron chi connectivity index (χ0n) is 38.7. The summed E-state index contributed by atoms with van der Waals surface area (Å²) in [5, 5.41) is 72.7. The molecule has 13 heteroatoms. The van der Waals surface area contributed by atoms with Crippen LogP contribution in [0.25, 0.3) is 0 Å². The maximum atomic E-state index is 11.1. The van der Waals surface area contributed by atoms with Crippen LogP contribution >= 0.6 is 23.5 Å². The number of rotatable bonds is 41. The Hall–Kier alpha value is 0.260. The molecule has 2 aliphatic rings. The number of hydrogen-bond acceptors (Lipinski definition) is 13. The zero-order chi connectivity index (χ0) is 44.3. The Kier molecular flexibility index (Phi) is 36.1. The summed E-state index contributed by atoms with van der Waals surface area (Å²) in [6.45, 7) is 3.64. The van der Waals surface area contributed by atoms with Gasteiger partial charge in [0.1, 0.15) is 48.8 Å². The second-order valence-corrected chi connectivity index (χ2v) is 20.3. The second-order valence-electron chi connectivity index (χ2n) is 18.0. The van der Waals surface area contributed by atoms with E-state index in [1.54, 1.807) is 0 Å². The number of hydrogen-bond donors (Lipinski definition) is 7. The number of ether oxygens (including phenoxy) is 4. The third-order valence-corrected chi connectivity index (χ3v) is 15.0. The smallest absolute Gasteiger partial charge is 0.187 e. The van der Waals surface area contributed by atoms with Gasteiger partial charge >= 0.3 is 0 Å². The van der Waals surface area contributed by atoms with E-state index in [1.165, 1.54) is 180 Å². The van der Waals surface area contributed by atoms with Crippen LogP contribution in [0.15, 0.2) is 0 Å². The lowest BCUT2D eigenvalue weighted by molar-refractivity contribution is -0.359. The molecule has 0 radical (unpaired) electrons. The molecule has 0 bridgehead atoms. The van der Waals surface area contributed by atoms with Crippen LogP contribution in [0, 0.1) is 5.92 Å². The van der Waals surface area contributed by atoms with Gasteiger partial charge in [0, 0.05) is 5.92 Å². The monoisotopic (exact) mass is 911 g/mol. The Morgan fingerprint density at radius 1 is 0.426 bits per heavy atom. The molecule has 0 unspecified atom stereocenters. The van der Waals surface area contributed by atoms with Crippen molar-refractivity contribution in [1.82, 2.24) is 0 Å². The van der Waals surface area contributed by atoms with Crippen molar-refractivity contribution in [2.24, 2.45) is 5.92 Å². The first kappa shape index (κ1) is 57.4. The predicted molar refractivity (Wildman–Crippen MR) is 251 cm³/mol. The fraction of sp³-hybridized carbons (Fsp3) is 1.00. The highest BCUT2D eigenvalue weighted by Gasteiger charge is 2.50. The molecule has 0 aliphatic carbocycles. The van der Waals surface area contributed by atoms with Crippen LogP contribution in [0.3, 0.4) is 0 Å². The fourth-order valence-electron chi connectivity index (χ4n) is 8.37. The van der Waals surface area contributed by atoms with Gasteiger partial charge in [-0.25, -0.2) is 0 Å². The van der Waals surface area contributed by atoms with E-state index in [2.05, 4.69) is 13.8 Å². The van der Waals surface area contributed by atoms with Gasteiger partial charge in [0.05, 0.1) is 19.8 Å². The molecule has 2 saturated heterocycles. The van der Waals surface area contributed by atoms with Gasteiger partial charge in [0.2, 0.25) is 0 Å². The van der Waals surface area contributed by atoms with Gasteiger partial charge in [-0.15, -0.1) is 0 Å². The van der Waals surface area contributed by atoms with Crippen LogP contribution in [0.5, 0.6) is 0 Å². The standard InChI is InChI=1S/C48H94O11S2/c1-3-5-7-9-11-13-15-17-19-21-23-25-27-29-31-60-36-38(37-61-32-30-28-26-24-22-20-18-16-14-12-10-8-6-4-2)35-56-47-45(55)43(53)46(40(34-50)58-47)59-48-44(54)42(52)41(51)39(33-49)57-48/h38-55H,3-37H2,1-2H3/t39-,40-,41+,42+,43-,44-,45-,46-,47+,48+/m1/s1. The van der Waals surface area contributed by atoms with Crippen LogP contribution < -0.4 is 0 Å². The molecule has 10 atom stereocenters. The van der Waals surface area contributed by atoms with Gasteiger partial charge in [-0.3, -0.25) is 0 Å². The summed E-state index contributed by atoms with van der Waals surface area (Å²) in [5.74, 6) is 4.24. The molecule has 0 spiro atoms. The van der Waals surface area contributed by atoms with Gasteiger partial charge in [-0.1, -0.05) is 181 Å². The number of aliphatic hydroxyl groups excluding tert-OH is 7. The predicted octanol–water partition coefficient (Wildman–Crippen LogP) is 8.67. The fourth-order valence-corrected chi connectivity index (χ4v) is 10.8. The Bertz CT molecular complexity index is 933. The van der Waals surface area contributed by atoms with E-state index < -0.39 is 74.6 Å². The Morgan fingerprint density at radius 3 is 1.18 bits per heavy atom. The van der Waals surface area contributed by atoms with Crippen LogP contribution in [-0.4, -0.2) is 140 Å². The Balaban J connectivity index is 1.74. The van der Waals surface area contributed by atoms with E-state index in [9.17, 15) is 35.7 Å². The molecular formula is C48H94O11S2. The van der Waals surface area contributed by atoms with Crippen molar-refractivity contribution in [3.63, 3.8) is 0 Å². The van der Waals surface area contributed by atoms with Crippen molar-refractivity contribution in [2.45, 2.75) is 255 Å². The topological polar surface area (TPSA) is 179 Å². The lowest BCUT2D eigenvalue weighted by Crippen LogP contribution is -2.64. The number of aliphatic hydroxyl groups is 7. The first-order valence-corrected chi connectivity index (χ1v) is 27.4. The van der Waals surface area contributed by atoms with E-state index in [0.717, 1.165) is 23.0 Å². The molecule has 61 heavy (non-hydrogen) atoms. The maximum absolute atomic E-state index is 11.1. The summed E-state index contributed by atoms with van der Waals surface area (Å²) >= 11 is 3.90. The molecule has 2 fully saturated rings. The molecular weight excluding hydrogens is 817 g/mol. The molecule has 2 heterocycles. The van der Waals surface area contributed by atoms with E-state index in [0.29, 0.717) is 6.61 Å². The highest BCUT2D eigenvalue weighted by molar-refractivity contribution is 8.00. The quantitative estimate of drug-likeness (QED) is 0.0290. The molecule has 0 saturated carbocycles. The average molecular weight is 911 g/mol. The van der Waals surface area contributed by atoms with E-state index in [1.807, 2.05) is 23.5 Å². The molecule has 11 nitrogen and oxygen atoms in total. The molecule has 0 aromatic rings. The third kappa shape index (κ3) is 25.7. The summed E-state index contributed by atoms with van der Waals surface area (Å²) < 4.78 is 23.2. The lowest BCUT2D eigenvalue weighted by atomic mass is 9.97. The molecule has 0 aromatic heterocycles. The molecule has 0 amide bonds. The summed E-state index contributed by atoms with van der Waals surface area (Å²) in [4.78, 5) is 0. The Labute approximate surface area is 380 Å². The van der Waals surface area contributed by atoms with Crippen LogP contribution in [-0.2, 0) is 18.9 Å². The third-order valence-electron chi connectivity index (χ3n) is 12.4. The molecule has 2 aliphatic heterocycles. The van der Waals surface area contributed by atoms with Crippen molar-refractivity contribution in [1.29, 1.82) is 0 Å². The number of unbranched alkanes of at least 4 members (excludes halogenated alkanes) is 26. The van der Waals surface area contributed by atoms with Gasteiger partial charge < -0.3 is 54.7 Å². The minimum Gasteiger partial charge on any atom is -0.394 e. The van der Waals surface area contributed by atoms with E-state index in [-0.39, 0.29) is 5.92 Å². The highest BCUT2D eigenvalue weighted by atomic mass is 32.2. The van der Waals surface area contributed by atoms with E-state index in [4.69, 9.17) is 18.9 Å². The second kappa shape index (κ2) is 38.4. The van der Waals surface area contributed by atoms with Crippen molar-refractivity contribution in [3.05, 3.63) is 0 Å². The molecule has 364 valence electrons. The van der Waals surface area contributed by atoms with E-state index >= 15 is 0 Å². The normalized spacial score (nSPS) is 27.0. The first-order chi connectivity index (χ1) is 29.8. The van der Waals surface area contributed by atoms with Crippen molar-refractivity contribution in [3.8, 4) is 0 Å². The summed E-state index contributed by atoms with van der Waals surface area (Å²) in [7, 11) is 0. The first-order valence-electron chi connectivity index (χ1n) is 25.1. The maximum Gasteiger partial charge on any atom is 0.187 e. The SMILES string of the molecule is CCCCCCCCCCCCCCCCSCC(CO[C@H]1O[C@H](CO)[C@@H](O[C@@H]2O[C@H](CO)[C@H](O)[C@H](O)[C@H]2O)[C@H](O)[C@H]1O)CSCCCCCCCCCCCCCCCC. The average Bonchev–Trinajstić information content (AvgIpc) is 3.26. The largest absolute Gasteiger partial charge is 0.394 e. The molecule has 2 rings (SSSR count). The lowest BCUT2D eigenvalue weighted by Gasteiger charge is -2.46. The highest BCUT2D eigenvalue weighted by Crippen LogP contribution is 2.30. The van der Waals surface area contributed by atoms with Gasteiger partial charge in [0.15, 0.2) is 12.6 Å². The summed E-state index contributed by atoms with van der Waals surface area (Å²) in [6, 6.07) is 0.